The number of sulfonamides is 1. The highest BCUT2D eigenvalue weighted by Crippen LogP contribution is 2.21. The van der Waals surface area contributed by atoms with Crippen molar-refractivity contribution in [1.29, 1.82) is 0 Å². The molecule has 0 spiro atoms. The zero-order chi connectivity index (χ0) is 14.8. The van der Waals surface area contributed by atoms with E-state index in [-0.39, 0.29) is 16.8 Å². The summed E-state index contributed by atoms with van der Waals surface area (Å²) in [5, 5.41) is -0.151. The Labute approximate surface area is 126 Å². The fraction of sp³-hybridized carbons (Fsp3) is 0.154. The minimum Gasteiger partial charge on any atom is -0.396 e. The molecule has 1 atom stereocenters. The first-order valence-corrected chi connectivity index (χ1v) is 8.16. The summed E-state index contributed by atoms with van der Waals surface area (Å²) in [4.78, 5) is 3.83. The maximum Gasteiger partial charge on any atom is 0.260 e. The molecule has 1 unspecified atom stereocenters. The van der Waals surface area contributed by atoms with E-state index in [1.165, 1.54) is 12.3 Å². The van der Waals surface area contributed by atoms with E-state index in [4.69, 9.17) is 5.73 Å². The third kappa shape index (κ3) is 3.36. The van der Waals surface area contributed by atoms with E-state index >= 15 is 0 Å². The SMILES string of the molecule is CC(NS(=O)(=O)c1ncccc1N)c1cccc(Br)c1. The fourth-order valence-electron chi connectivity index (χ4n) is 1.76. The molecule has 0 radical (unpaired) electrons. The third-order valence-corrected chi connectivity index (χ3v) is 4.74. The number of hydrogen-bond donors (Lipinski definition) is 2. The van der Waals surface area contributed by atoms with Crippen molar-refractivity contribution in [2.45, 2.75) is 18.0 Å². The number of hydrogen-bond acceptors (Lipinski definition) is 4. The van der Waals surface area contributed by atoms with E-state index in [1.807, 2.05) is 24.3 Å². The van der Waals surface area contributed by atoms with Gasteiger partial charge in [-0.1, -0.05) is 28.1 Å². The largest absolute Gasteiger partial charge is 0.396 e. The summed E-state index contributed by atoms with van der Waals surface area (Å²) in [7, 11) is -3.75. The molecule has 3 N–H and O–H groups in total. The highest BCUT2D eigenvalue weighted by atomic mass is 79.9. The minimum absolute atomic E-state index is 0.126. The van der Waals surface area contributed by atoms with Crippen LogP contribution in [0.2, 0.25) is 0 Å². The average Bonchev–Trinajstić information content (AvgIpc) is 2.38. The minimum atomic E-state index is -3.75. The van der Waals surface area contributed by atoms with Crippen molar-refractivity contribution in [3.05, 3.63) is 52.6 Å². The Hall–Kier alpha value is -1.44. The van der Waals surface area contributed by atoms with Crippen molar-refractivity contribution >= 4 is 31.6 Å². The van der Waals surface area contributed by atoms with Crippen LogP contribution in [-0.4, -0.2) is 13.4 Å². The number of aromatic nitrogens is 1. The summed E-state index contributed by atoms with van der Waals surface area (Å²) in [6.07, 6.45) is 1.40. The second kappa shape index (κ2) is 5.90. The normalized spacial score (nSPS) is 13.1. The summed E-state index contributed by atoms with van der Waals surface area (Å²) >= 11 is 3.36. The van der Waals surface area contributed by atoms with Gasteiger partial charge < -0.3 is 5.73 Å². The highest BCUT2D eigenvalue weighted by molar-refractivity contribution is 9.10. The molecule has 0 fully saturated rings. The van der Waals surface area contributed by atoms with E-state index in [0.29, 0.717) is 0 Å². The fourth-order valence-corrected chi connectivity index (χ4v) is 3.47. The van der Waals surface area contributed by atoms with Gasteiger partial charge in [-0.05, 0) is 36.8 Å². The van der Waals surface area contributed by atoms with E-state index < -0.39 is 10.0 Å². The lowest BCUT2D eigenvalue weighted by Crippen LogP contribution is -2.28. The first-order valence-electron chi connectivity index (χ1n) is 5.88. The van der Waals surface area contributed by atoms with E-state index in [1.54, 1.807) is 13.0 Å². The van der Waals surface area contributed by atoms with Crippen LogP contribution in [0, 0.1) is 0 Å². The van der Waals surface area contributed by atoms with Gasteiger partial charge in [0.05, 0.1) is 5.69 Å². The standard InChI is InChI=1S/C13H14BrN3O2S/c1-9(10-4-2-5-11(14)8-10)17-20(18,19)13-12(15)6-3-7-16-13/h2-9,17H,15H2,1H3. The van der Waals surface area contributed by atoms with Crippen LogP contribution in [0.3, 0.4) is 0 Å². The van der Waals surface area contributed by atoms with Crippen LogP contribution in [0.25, 0.3) is 0 Å². The number of nitrogens with zero attached hydrogens (tertiary/aromatic N) is 1. The number of benzene rings is 1. The molecule has 2 rings (SSSR count). The topological polar surface area (TPSA) is 85.1 Å². The van der Waals surface area contributed by atoms with Gasteiger partial charge in [0.1, 0.15) is 0 Å². The first-order chi connectivity index (χ1) is 9.40. The van der Waals surface area contributed by atoms with E-state index in [2.05, 4.69) is 25.6 Å². The monoisotopic (exact) mass is 355 g/mol. The van der Waals surface area contributed by atoms with E-state index in [9.17, 15) is 8.42 Å². The predicted molar refractivity (Wildman–Crippen MR) is 81.5 cm³/mol. The van der Waals surface area contributed by atoms with Gasteiger partial charge in [0.15, 0.2) is 5.03 Å². The third-order valence-electron chi connectivity index (χ3n) is 2.74. The average molecular weight is 356 g/mol. The molecular formula is C13H14BrN3O2S. The second-order valence-electron chi connectivity index (χ2n) is 4.30. The summed E-state index contributed by atoms with van der Waals surface area (Å²) < 4.78 is 28.0. The smallest absolute Gasteiger partial charge is 0.260 e. The lowest BCUT2D eigenvalue weighted by molar-refractivity contribution is 0.563. The lowest BCUT2D eigenvalue weighted by Gasteiger charge is -2.15. The Morgan fingerprint density at radius 1 is 1.30 bits per heavy atom. The van der Waals surface area contributed by atoms with Crippen LogP contribution in [0.1, 0.15) is 18.5 Å². The quantitative estimate of drug-likeness (QED) is 0.881. The molecule has 20 heavy (non-hydrogen) atoms. The molecule has 5 nitrogen and oxygen atoms in total. The number of nitrogens with one attached hydrogen (secondary N) is 1. The van der Waals surface area contributed by atoms with Crippen LogP contribution in [0.4, 0.5) is 5.69 Å². The number of nitrogens with two attached hydrogens (primary N) is 1. The van der Waals surface area contributed by atoms with Gasteiger partial charge in [-0.3, -0.25) is 0 Å². The summed E-state index contributed by atoms with van der Waals surface area (Å²) in [6, 6.07) is 10.1. The molecule has 2 aromatic rings. The summed E-state index contributed by atoms with van der Waals surface area (Å²) in [5.41, 5.74) is 6.63. The predicted octanol–water partition coefficient (Wildman–Crippen LogP) is 2.47. The van der Waals surface area contributed by atoms with Gasteiger partial charge in [0, 0.05) is 16.7 Å². The van der Waals surface area contributed by atoms with Crippen molar-refractivity contribution in [3.63, 3.8) is 0 Å². The van der Waals surface area contributed by atoms with Crippen LogP contribution in [0.5, 0.6) is 0 Å². The Kier molecular flexibility index (Phi) is 4.42. The Balaban J connectivity index is 2.27. The molecule has 1 aromatic carbocycles. The molecule has 0 aliphatic carbocycles. The van der Waals surface area contributed by atoms with Gasteiger partial charge in [-0.2, -0.15) is 0 Å². The van der Waals surface area contributed by atoms with Gasteiger partial charge in [0.2, 0.25) is 0 Å². The molecule has 0 saturated heterocycles. The summed E-state index contributed by atoms with van der Waals surface area (Å²) in [5.74, 6) is 0. The van der Waals surface area contributed by atoms with Crippen molar-refractivity contribution in [2.75, 3.05) is 5.73 Å². The molecule has 0 saturated carbocycles. The zero-order valence-corrected chi connectivity index (χ0v) is 13.1. The van der Waals surface area contributed by atoms with Gasteiger partial charge in [0.25, 0.3) is 10.0 Å². The Morgan fingerprint density at radius 2 is 2.05 bits per heavy atom. The lowest BCUT2D eigenvalue weighted by atomic mass is 10.1. The molecule has 7 heteroatoms. The number of nitrogen functional groups attached to an aromatic ring is 1. The molecule has 0 aliphatic rings. The molecule has 106 valence electrons. The van der Waals surface area contributed by atoms with Crippen molar-refractivity contribution in [2.24, 2.45) is 0 Å². The number of anilines is 1. The van der Waals surface area contributed by atoms with Gasteiger partial charge in [-0.25, -0.2) is 18.1 Å². The number of rotatable bonds is 4. The maximum absolute atomic E-state index is 12.3. The van der Waals surface area contributed by atoms with Crippen molar-refractivity contribution in [3.8, 4) is 0 Å². The van der Waals surface area contributed by atoms with E-state index in [0.717, 1.165) is 10.0 Å². The highest BCUT2D eigenvalue weighted by Gasteiger charge is 2.22. The molecule has 0 bridgehead atoms. The number of pyridine rings is 1. The van der Waals surface area contributed by atoms with Crippen molar-refractivity contribution in [1.82, 2.24) is 9.71 Å². The van der Waals surface area contributed by atoms with Gasteiger partial charge in [-0.15, -0.1) is 0 Å². The van der Waals surface area contributed by atoms with Crippen LogP contribution in [-0.2, 0) is 10.0 Å². The zero-order valence-electron chi connectivity index (χ0n) is 10.7. The Bertz CT molecular complexity index is 719. The Morgan fingerprint density at radius 3 is 2.70 bits per heavy atom. The summed E-state index contributed by atoms with van der Waals surface area (Å²) in [6.45, 7) is 1.76. The first kappa shape index (κ1) is 15.0. The molecule has 1 aromatic heterocycles. The second-order valence-corrected chi connectivity index (χ2v) is 6.84. The molecular weight excluding hydrogens is 342 g/mol. The molecule has 1 heterocycles. The molecule has 0 amide bonds. The van der Waals surface area contributed by atoms with Crippen LogP contribution in [0.15, 0.2) is 52.1 Å². The van der Waals surface area contributed by atoms with Crippen LogP contribution >= 0.6 is 15.9 Å². The van der Waals surface area contributed by atoms with Gasteiger partial charge >= 0.3 is 0 Å². The molecule has 0 aliphatic heterocycles. The maximum atomic E-state index is 12.3. The van der Waals surface area contributed by atoms with Crippen LogP contribution < -0.4 is 10.5 Å². The number of halogens is 1. The van der Waals surface area contributed by atoms with Crippen molar-refractivity contribution < 1.29 is 8.42 Å².